The van der Waals surface area contributed by atoms with Crippen LogP contribution in [0.4, 0.5) is 0 Å². The molecule has 4 aliphatic carbocycles. The second kappa shape index (κ2) is 32.5. The first kappa shape index (κ1) is 77.1. The summed E-state index contributed by atoms with van der Waals surface area (Å²) in [5.74, 6) is 2.14. The number of hydrogen-bond acceptors (Lipinski definition) is 8. The van der Waals surface area contributed by atoms with Crippen LogP contribution in [-0.4, -0.2) is 39.9 Å². The van der Waals surface area contributed by atoms with E-state index < -0.39 is 5.41 Å². The zero-order valence-corrected chi connectivity index (χ0v) is 71.0. The lowest BCUT2D eigenvalue weighted by molar-refractivity contribution is 0.660. The Balaban J connectivity index is 0.000000111. The predicted octanol–water partition coefficient (Wildman–Crippen LogP) is 29.6. The molecule has 0 N–H and O–H groups in total. The van der Waals surface area contributed by atoms with Crippen LogP contribution in [0.3, 0.4) is 0 Å². The van der Waals surface area contributed by atoms with Gasteiger partial charge in [-0.25, -0.2) is 29.9 Å². The molecule has 8 nitrogen and oxygen atoms in total. The van der Waals surface area contributed by atoms with Crippen molar-refractivity contribution in [2.75, 3.05) is 0 Å². The minimum absolute atomic E-state index is 0.0673. The first-order valence-electron chi connectivity index (χ1n) is 44.0. The van der Waals surface area contributed by atoms with Gasteiger partial charge in [0.25, 0.3) is 0 Å². The molecule has 5 heterocycles. The van der Waals surface area contributed by atoms with E-state index >= 15 is 0 Å². The lowest BCUT2D eigenvalue weighted by Gasteiger charge is -2.30. The molecular formula is C121H82N8. The van der Waals surface area contributed by atoms with E-state index in [4.69, 9.17) is 29.9 Å². The highest BCUT2D eigenvalue weighted by atomic mass is 14.9. The summed E-state index contributed by atoms with van der Waals surface area (Å²) in [7, 11) is 0. The van der Waals surface area contributed by atoms with E-state index in [2.05, 4.69) is 412 Å². The Morgan fingerprint density at radius 3 is 1.04 bits per heavy atom. The van der Waals surface area contributed by atoms with Gasteiger partial charge in [-0.3, -0.25) is 9.97 Å². The van der Waals surface area contributed by atoms with E-state index in [-0.39, 0.29) is 5.41 Å². The van der Waals surface area contributed by atoms with E-state index in [0.29, 0.717) is 11.6 Å². The topological polar surface area (TPSA) is 103 Å². The van der Waals surface area contributed by atoms with Crippen LogP contribution in [0.1, 0.15) is 58.4 Å². The molecule has 129 heavy (non-hydrogen) atoms. The Morgan fingerprint density at radius 1 is 0.209 bits per heavy atom. The molecule has 0 saturated heterocycles. The van der Waals surface area contributed by atoms with Crippen LogP contribution in [0.5, 0.6) is 0 Å². The third-order valence-corrected chi connectivity index (χ3v) is 26.2. The van der Waals surface area contributed by atoms with Crippen molar-refractivity contribution in [2.24, 2.45) is 0 Å². The van der Waals surface area contributed by atoms with Gasteiger partial charge in [-0.1, -0.05) is 402 Å². The van der Waals surface area contributed by atoms with Gasteiger partial charge in [0.1, 0.15) is 0 Å². The van der Waals surface area contributed by atoms with E-state index in [1.807, 2.05) is 48.8 Å². The molecule has 0 fully saturated rings. The van der Waals surface area contributed by atoms with Gasteiger partial charge in [0, 0.05) is 80.3 Å². The number of fused-ring (bicyclic) bond motifs is 18. The highest BCUT2D eigenvalue weighted by molar-refractivity contribution is 6.01. The molecular weight excluding hydrogens is 1570 g/mol. The fraction of sp³-hybridized carbons (Fsp3) is 0.0413. The van der Waals surface area contributed by atoms with Crippen LogP contribution in [0, 0.1) is 0 Å². The monoisotopic (exact) mass is 1650 g/mol. The average molecular weight is 1650 g/mol. The molecule has 16 aromatic carbocycles. The smallest absolute Gasteiger partial charge is 0.160 e. The van der Waals surface area contributed by atoms with E-state index in [1.54, 1.807) is 12.4 Å². The molecule has 0 unspecified atom stereocenters. The van der Waals surface area contributed by atoms with Gasteiger partial charge >= 0.3 is 0 Å². The molecule has 5 aromatic heterocycles. The molecule has 0 saturated carbocycles. The lowest BCUT2D eigenvalue weighted by Crippen LogP contribution is -2.25. The van der Waals surface area contributed by atoms with Gasteiger partial charge in [-0.15, -0.1) is 0 Å². The van der Waals surface area contributed by atoms with E-state index in [0.717, 1.165) is 119 Å². The van der Waals surface area contributed by atoms with Gasteiger partial charge in [0.15, 0.2) is 17.5 Å². The number of rotatable bonds is 12. The summed E-state index contributed by atoms with van der Waals surface area (Å²) in [6.07, 6.45) is 8.33. The van der Waals surface area contributed by atoms with Crippen LogP contribution in [0.15, 0.2) is 449 Å². The fourth-order valence-corrected chi connectivity index (χ4v) is 20.0. The quantitative estimate of drug-likeness (QED) is 0.119. The minimum atomic E-state index is -0.407. The summed E-state index contributed by atoms with van der Waals surface area (Å²) >= 11 is 0. The molecule has 0 bridgehead atoms. The van der Waals surface area contributed by atoms with Crippen LogP contribution in [0.25, 0.3) is 190 Å². The summed E-state index contributed by atoms with van der Waals surface area (Å²) in [4.78, 5) is 39.4. The lowest BCUT2D eigenvalue weighted by atomic mass is 9.70. The van der Waals surface area contributed by atoms with Crippen molar-refractivity contribution in [2.45, 2.75) is 31.1 Å². The molecule has 4 aliphatic rings. The van der Waals surface area contributed by atoms with Gasteiger partial charge in [0.2, 0.25) is 0 Å². The molecule has 8 heteroatoms. The van der Waals surface area contributed by atoms with Crippen LogP contribution in [-0.2, 0) is 17.3 Å². The molecule has 0 aliphatic heterocycles. The number of hydrogen-bond donors (Lipinski definition) is 0. The highest BCUT2D eigenvalue weighted by Crippen LogP contribution is 2.64. The van der Waals surface area contributed by atoms with Crippen molar-refractivity contribution in [1.29, 1.82) is 0 Å². The molecule has 1 spiro atoms. The number of aromatic nitrogens is 8. The summed E-state index contributed by atoms with van der Waals surface area (Å²) in [6.45, 7) is 4.62. The zero-order valence-electron chi connectivity index (χ0n) is 71.0. The minimum Gasteiger partial charge on any atom is -0.264 e. The van der Waals surface area contributed by atoms with Gasteiger partial charge in [-0.2, -0.15) is 0 Å². The Hall–Kier alpha value is -16.7. The van der Waals surface area contributed by atoms with Crippen LogP contribution >= 0.6 is 0 Å². The predicted molar refractivity (Wildman–Crippen MR) is 527 cm³/mol. The molecule has 25 rings (SSSR count). The third kappa shape index (κ3) is 13.8. The SMILES string of the molecule is CC1(C)c2ccccc2-c2c(-c3cc(-c4ccccc4)nc(-c4ccc(-c5cccnc5)cc4)n3)cccc21.c1ccc(-c2cc(-c3cccc4c3-c3ccccc3C43c4ccccc4-c4ccccc43)nc(-c3ccc(-c4cccnc4)cc3)n2)cc1.c1ccc(-c2ccc(-c3nc(-c4ccccc4)cc(-c4ccc5c(c4)-c4ccc6ccccc6c4C5)n3)cc2)cc1. The van der Waals surface area contributed by atoms with Crippen molar-refractivity contribution in [3.05, 3.63) is 494 Å². The maximum Gasteiger partial charge on any atom is 0.160 e. The van der Waals surface area contributed by atoms with Crippen molar-refractivity contribution in [1.82, 2.24) is 39.9 Å². The molecule has 0 radical (unpaired) electrons. The van der Waals surface area contributed by atoms with Crippen LogP contribution in [0.2, 0.25) is 0 Å². The first-order valence-corrected chi connectivity index (χ1v) is 44.0. The third-order valence-electron chi connectivity index (χ3n) is 26.2. The molecule has 606 valence electrons. The van der Waals surface area contributed by atoms with Crippen molar-refractivity contribution in [3.8, 4) is 180 Å². The zero-order chi connectivity index (χ0) is 85.9. The summed E-state index contributed by atoms with van der Waals surface area (Å²) in [5.41, 5.74) is 42.3. The van der Waals surface area contributed by atoms with Crippen molar-refractivity contribution >= 4 is 10.8 Å². The Bertz CT molecular complexity index is 7810. The average Bonchev–Trinajstić information content (AvgIpc) is 1.50. The largest absolute Gasteiger partial charge is 0.264 e. The summed E-state index contributed by atoms with van der Waals surface area (Å²) in [6, 6.07) is 150. The molecule has 21 aromatic rings. The maximum atomic E-state index is 5.33. The maximum absolute atomic E-state index is 5.33. The van der Waals surface area contributed by atoms with E-state index in [9.17, 15) is 0 Å². The van der Waals surface area contributed by atoms with Gasteiger partial charge < -0.3 is 0 Å². The molecule has 0 atom stereocenters. The fourth-order valence-electron chi connectivity index (χ4n) is 20.0. The number of benzene rings is 16. The van der Waals surface area contributed by atoms with Gasteiger partial charge in [-0.05, 0) is 176 Å². The second-order valence-corrected chi connectivity index (χ2v) is 33.9. The van der Waals surface area contributed by atoms with Crippen molar-refractivity contribution in [3.63, 3.8) is 0 Å². The Morgan fingerprint density at radius 2 is 0.550 bits per heavy atom. The van der Waals surface area contributed by atoms with Crippen molar-refractivity contribution < 1.29 is 0 Å². The first-order chi connectivity index (χ1) is 63.7. The summed E-state index contributed by atoms with van der Waals surface area (Å²) in [5, 5.41) is 2.64. The summed E-state index contributed by atoms with van der Waals surface area (Å²) < 4.78 is 0. The highest BCUT2D eigenvalue weighted by Gasteiger charge is 2.52. The Kier molecular flexibility index (Phi) is 19.4. The van der Waals surface area contributed by atoms with Gasteiger partial charge in [0.05, 0.1) is 39.6 Å². The standard InChI is InChI=1S/C46H29N3.C39H26N2.C36H27N3/c1-2-12-31(13-3-1)42-28-43(49-45(48-42)32-25-23-30(24-26-32)33-14-11-27-47-29-33)37-18-10-22-41-44(37)36-17-6-9-21-40(36)46(41)38-19-7-4-15-34(38)35-16-5-8-20-39(35)46;1-3-9-26(10-4-1)27-15-17-30(18-16-27)39-40-37(29-12-5-2-6-13-29)25-38(41-39)32-20-19-31-23-36-33-14-8-7-11-28(33)21-22-34(36)35(31)24-32;1-36(2)30-15-7-6-13-28(30)34-29(14-8-16-31(34)36)33-22-32(25-10-4-3-5-11-25)38-35(39-33)26-19-17-24(18-20-26)27-12-9-21-37-23-27/h1-29H;1-22,24-25H,23H2;3-23H,1-2H3. The number of pyridine rings is 2. The normalized spacial score (nSPS) is 12.7. The molecule has 0 amide bonds. The van der Waals surface area contributed by atoms with Crippen LogP contribution < -0.4 is 0 Å². The Labute approximate surface area is 750 Å². The number of nitrogens with zero attached hydrogens (tertiary/aromatic N) is 8. The second-order valence-electron chi connectivity index (χ2n) is 33.9. The van der Waals surface area contributed by atoms with E-state index in [1.165, 1.54) is 111 Å².